The maximum atomic E-state index is 11.6. The van der Waals surface area contributed by atoms with Crippen LogP contribution in [-0.4, -0.2) is 42.0 Å². The number of benzene rings is 1. The van der Waals surface area contributed by atoms with Gasteiger partial charge in [0.1, 0.15) is 6.04 Å². The summed E-state index contributed by atoms with van der Waals surface area (Å²) in [4.78, 5) is 11.6. The molecule has 1 saturated heterocycles. The molecular weight excluding hydrogens is 365 g/mol. The lowest BCUT2D eigenvalue weighted by Crippen LogP contribution is -2.43. The molecule has 0 bridgehead atoms. The standard InChI is InChI=1S/C23H34BNO4/c1-22(2)23(3,4)29-24(28-22)19-14-12-17(13-15-19)9-8-16-25-20(21(26)27)18-10-6-5-7-11-18/h8-9,12-15,18,20,25H,5-7,10-11,16H2,1-4H3,(H,26,27)/t20-/m0/s1. The number of nitrogens with one attached hydrogen (secondary N) is 1. The van der Waals surface area contributed by atoms with E-state index in [0.29, 0.717) is 6.54 Å². The Bertz CT molecular complexity index is 707. The molecule has 1 heterocycles. The fraction of sp³-hybridized carbons (Fsp3) is 0.609. The van der Waals surface area contributed by atoms with Crippen molar-refractivity contribution in [2.75, 3.05) is 6.54 Å². The van der Waals surface area contributed by atoms with E-state index in [4.69, 9.17) is 9.31 Å². The lowest BCUT2D eigenvalue weighted by atomic mass is 9.79. The first-order valence-electron chi connectivity index (χ1n) is 10.8. The first kappa shape index (κ1) is 22.1. The molecule has 0 aromatic heterocycles. The van der Waals surface area contributed by atoms with Gasteiger partial charge < -0.3 is 19.7 Å². The van der Waals surface area contributed by atoms with Crippen LogP contribution < -0.4 is 10.8 Å². The van der Waals surface area contributed by atoms with Gasteiger partial charge in [0.15, 0.2) is 0 Å². The summed E-state index contributed by atoms with van der Waals surface area (Å²) >= 11 is 0. The molecule has 0 amide bonds. The van der Waals surface area contributed by atoms with Crippen molar-refractivity contribution in [3.8, 4) is 0 Å². The molecule has 0 radical (unpaired) electrons. The van der Waals surface area contributed by atoms with E-state index in [-0.39, 0.29) is 24.2 Å². The molecule has 1 saturated carbocycles. The van der Waals surface area contributed by atoms with E-state index in [0.717, 1.165) is 36.7 Å². The van der Waals surface area contributed by atoms with Crippen molar-refractivity contribution in [3.63, 3.8) is 0 Å². The van der Waals surface area contributed by atoms with Crippen molar-refractivity contribution in [2.24, 2.45) is 5.92 Å². The molecule has 1 aromatic carbocycles. The Hall–Kier alpha value is -1.63. The highest BCUT2D eigenvalue weighted by Gasteiger charge is 2.51. The second kappa shape index (κ2) is 9.03. The molecule has 1 aliphatic heterocycles. The monoisotopic (exact) mass is 399 g/mol. The second-order valence-electron chi connectivity index (χ2n) is 9.28. The van der Waals surface area contributed by atoms with Crippen LogP contribution in [0.3, 0.4) is 0 Å². The van der Waals surface area contributed by atoms with Crippen LogP contribution in [0.1, 0.15) is 65.4 Å². The van der Waals surface area contributed by atoms with Gasteiger partial charge in [0.2, 0.25) is 0 Å². The van der Waals surface area contributed by atoms with Gasteiger partial charge >= 0.3 is 13.1 Å². The van der Waals surface area contributed by atoms with Crippen molar-refractivity contribution in [1.82, 2.24) is 5.32 Å². The number of carboxylic acids is 1. The number of carboxylic acid groups (broad SMARTS) is 1. The molecule has 1 aromatic rings. The molecule has 2 fully saturated rings. The molecule has 3 rings (SSSR count). The molecule has 158 valence electrons. The quantitative estimate of drug-likeness (QED) is 0.686. The molecule has 1 aliphatic carbocycles. The van der Waals surface area contributed by atoms with E-state index in [9.17, 15) is 9.90 Å². The van der Waals surface area contributed by atoms with E-state index in [1.54, 1.807) is 0 Å². The lowest BCUT2D eigenvalue weighted by molar-refractivity contribution is -0.141. The molecule has 5 nitrogen and oxygen atoms in total. The summed E-state index contributed by atoms with van der Waals surface area (Å²) in [6.45, 7) is 8.75. The number of carbonyl (C=O) groups is 1. The average Bonchev–Trinajstić information content (AvgIpc) is 2.90. The minimum Gasteiger partial charge on any atom is -0.480 e. The summed E-state index contributed by atoms with van der Waals surface area (Å²) in [5, 5.41) is 12.7. The van der Waals surface area contributed by atoms with Gasteiger partial charge in [-0.2, -0.15) is 0 Å². The van der Waals surface area contributed by atoms with Gasteiger partial charge in [-0.1, -0.05) is 55.7 Å². The summed E-state index contributed by atoms with van der Waals surface area (Å²) in [6.07, 6.45) is 9.53. The number of rotatable bonds is 7. The fourth-order valence-corrected chi connectivity index (χ4v) is 4.06. The van der Waals surface area contributed by atoms with Crippen LogP contribution in [0.15, 0.2) is 30.3 Å². The van der Waals surface area contributed by atoms with Gasteiger partial charge in [-0.25, -0.2) is 0 Å². The van der Waals surface area contributed by atoms with Crippen molar-refractivity contribution >= 4 is 24.6 Å². The normalized spacial score (nSPS) is 22.8. The van der Waals surface area contributed by atoms with Gasteiger partial charge in [0, 0.05) is 6.54 Å². The summed E-state index contributed by atoms with van der Waals surface area (Å²) in [7, 11) is -0.355. The third kappa shape index (κ3) is 5.30. The fourth-order valence-electron chi connectivity index (χ4n) is 4.06. The Morgan fingerprint density at radius 2 is 1.72 bits per heavy atom. The van der Waals surface area contributed by atoms with Crippen LogP contribution in [0.4, 0.5) is 0 Å². The molecular formula is C23H34BNO4. The van der Waals surface area contributed by atoms with Gasteiger partial charge in [0.25, 0.3) is 0 Å². The van der Waals surface area contributed by atoms with E-state index < -0.39 is 12.0 Å². The van der Waals surface area contributed by atoms with E-state index in [1.165, 1.54) is 6.42 Å². The first-order chi connectivity index (χ1) is 13.7. The summed E-state index contributed by atoms with van der Waals surface area (Å²) in [5.74, 6) is -0.495. The smallest absolute Gasteiger partial charge is 0.480 e. The number of hydrogen-bond donors (Lipinski definition) is 2. The van der Waals surface area contributed by atoms with Crippen LogP contribution in [-0.2, 0) is 14.1 Å². The van der Waals surface area contributed by atoms with Gasteiger partial charge in [-0.15, -0.1) is 0 Å². The Kier molecular flexibility index (Phi) is 6.87. The Morgan fingerprint density at radius 3 is 2.28 bits per heavy atom. The lowest BCUT2D eigenvalue weighted by Gasteiger charge is -2.32. The highest BCUT2D eigenvalue weighted by molar-refractivity contribution is 6.62. The first-order valence-corrected chi connectivity index (χ1v) is 10.8. The largest absolute Gasteiger partial charge is 0.494 e. The van der Waals surface area contributed by atoms with Crippen LogP contribution in [0, 0.1) is 5.92 Å². The van der Waals surface area contributed by atoms with Gasteiger partial charge in [-0.05, 0) is 57.5 Å². The van der Waals surface area contributed by atoms with Crippen molar-refractivity contribution in [3.05, 3.63) is 35.9 Å². The SMILES string of the molecule is CC1(C)OB(c2ccc(C=CCN[C@H](C(=O)O)C3CCCCC3)cc2)OC1(C)C. The minimum atomic E-state index is -0.739. The Balaban J connectivity index is 1.53. The van der Waals surface area contributed by atoms with Crippen LogP contribution in [0.25, 0.3) is 6.08 Å². The van der Waals surface area contributed by atoms with Gasteiger partial charge in [0.05, 0.1) is 11.2 Å². The maximum absolute atomic E-state index is 11.6. The van der Waals surface area contributed by atoms with E-state index in [1.807, 2.05) is 36.4 Å². The summed E-state index contributed by atoms with van der Waals surface area (Å²) in [6, 6.07) is 7.67. The summed E-state index contributed by atoms with van der Waals surface area (Å²) in [5.41, 5.74) is 1.38. The van der Waals surface area contributed by atoms with Gasteiger partial charge in [-0.3, -0.25) is 4.79 Å². The topological polar surface area (TPSA) is 67.8 Å². The van der Waals surface area contributed by atoms with Crippen molar-refractivity contribution < 1.29 is 19.2 Å². The third-order valence-electron chi connectivity index (χ3n) is 6.62. The van der Waals surface area contributed by atoms with Crippen LogP contribution in [0.2, 0.25) is 0 Å². The summed E-state index contributed by atoms with van der Waals surface area (Å²) < 4.78 is 12.2. The highest BCUT2D eigenvalue weighted by Crippen LogP contribution is 2.36. The molecule has 29 heavy (non-hydrogen) atoms. The maximum Gasteiger partial charge on any atom is 0.494 e. The Morgan fingerprint density at radius 1 is 1.14 bits per heavy atom. The third-order valence-corrected chi connectivity index (χ3v) is 6.62. The number of aliphatic carboxylic acids is 1. The van der Waals surface area contributed by atoms with E-state index >= 15 is 0 Å². The predicted molar refractivity (Wildman–Crippen MR) is 117 cm³/mol. The predicted octanol–water partition coefficient (Wildman–Crippen LogP) is 3.62. The zero-order valence-electron chi connectivity index (χ0n) is 18.1. The molecule has 0 unspecified atom stereocenters. The average molecular weight is 399 g/mol. The molecule has 6 heteroatoms. The highest BCUT2D eigenvalue weighted by atomic mass is 16.7. The van der Waals surface area contributed by atoms with E-state index in [2.05, 4.69) is 33.0 Å². The van der Waals surface area contributed by atoms with Crippen molar-refractivity contribution in [1.29, 1.82) is 0 Å². The zero-order chi connectivity index (χ0) is 21.1. The molecule has 1 atom stereocenters. The zero-order valence-corrected chi connectivity index (χ0v) is 18.1. The second-order valence-corrected chi connectivity index (χ2v) is 9.28. The number of hydrogen-bond acceptors (Lipinski definition) is 4. The molecule has 2 aliphatic rings. The molecule has 0 spiro atoms. The van der Waals surface area contributed by atoms with Crippen LogP contribution >= 0.6 is 0 Å². The molecule has 2 N–H and O–H groups in total. The van der Waals surface area contributed by atoms with Crippen LogP contribution in [0.5, 0.6) is 0 Å². The Labute approximate surface area is 175 Å². The van der Waals surface area contributed by atoms with Crippen molar-refractivity contribution in [2.45, 2.75) is 77.0 Å². The minimum absolute atomic E-state index is 0.244.